The average Bonchev–Trinajstić information content (AvgIpc) is 2.37. The van der Waals surface area contributed by atoms with E-state index in [-0.39, 0.29) is 22.4 Å². The minimum Gasteiger partial charge on any atom is -0.478 e. The standard InChI is InChI=1S/C16H25FN2O2/c1-4-5-6-7-16(2,3)10-19-14-8-11(15(20)21)13(18)9-12(14)17/h8-9,19H,4-7,10,18H2,1-3H3,(H,20,21). The van der Waals surface area contributed by atoms with Crippen LogP contribution in [0.5, 0.6) is 0 Å². The van der Waals surface area contributed by atoms with Gasteiger partial charge >= 0.3 is 5.97 Å². The highest BCUT2D eigenvalue weighted by atomic mass is 19.1. The molecular weight excluding hydrogens is 271 g/mol. The normalized spacial score (nSPS) is 11.4. The lowest BCUT2D eigenvalue weighted by Crippen LogP contribution is -2.23. The number of nitrogens with one attached hydrogen (secondary N) is 1. The first kappa shape index (κ1) is 17.3. The maximum absolute atomic E-state index is 13.8. The van der Waals surface area contributed by atoms with E-state index < -0.39 is 11.8 Å². The van der Waals surface area contributed by atoms with Gasteiger partial charge in [-0.15, -0.1) is 0 Å². The predicted molar refractivity (Wildman–Crippen MR) is 84.2 cm³/mol. The second-order valence-electron chi connectivity index (χ2n) is 6.20. The van der Waals surface area contributed by atoms with Crippen LogP contribution in [-0.2, 0) is 0 Å². The van der Waals surface area contributed by atoms with Crippen LogP contribution in [0.1, 0.15) is 56.8 Å². The van der Waals surface area contributed by atoms with Crippen LogP contribution < -0.4 is 11.1 Å². The van der Waals surface area contributed by atoms with Crippen LogP contribution in [0.15, 0.2) is 12.1 Å². The number of hydrogen-bond acceptors (Lipinski definition) is 3. The molecule has 0 saturated carbocycles. The molecule has 4 nitrogen and oxygen atoms in total. The van der Waals surface area contributed by atoms with Crippen molar-refractivity contribution in [2.75, 3.05) is 17.6 Å². The van der Waals surface area contributed by atoms with E-state index in [2.05, 4.69) is 26.1 Å². The number of hydrogen-bond donors (Lipinski definition) is 3. The number of nitrogen functional groups attached to an aromatic ring is 1. The van der Waals surface area contributed by atoms with Gasteiger partial charge in [0.1, 0.15) is 5.82 Å². The van der Waals surface area contributed by atoms with Crippen LogP contribution in [0.2, 0.25) is 0 Å². The molecule has 0 spiro atoms. The summed E-state index contributed by atoms with van der Waals surface area (Å²) in [6.07, 6.45) is 4.52. The second kappa shape index (κ2) is 7.29. The number of carboxylic acids is 1. The summed E-state index contributed by atoms with van der Waals surface area (Å²) in [7, 11) is 0. The highest BCUT2D eigenvalue weighted by Crippen LogP contribution is 2.27. The van der Waals surface area contributed by atoms with E-state index in [0.29, 0.717) is 6.54 Å². The molecule has 118 valence electrons. The quantitative estimate of drug-likeness (QED) is 0.498. The van der Waals surface area contributed by atoms with Gasteiger partial charge in [-0.2, -0.15) is 0 Å². The molecule has 1 rings (SSSR count). The summed E-state index contributed by atoms with van der Waals surface area (Å²) in [6, 6.07) is 2.31. The van der Waals surface area contributed by atoms with E-state index in [9.17, 15) is 9.18 Å². The predicted octanol–water partition coefficient (Wildman–Crippen LogP) is 4.12. The molecule has 0 radical (unpaired) electrons. The Hall–Kier alpha value is -1.78. The molecule has 0 amide bonds. The van der Waals surface area contributed by atoms with Crippen LogP contribution in [0.4, 0.5) is 15.8 Å². The number of nitrogens with two attached hydrogens (primary N) is 1. The van der Waals surface area contributed by atoms with E-state index in [1.165, 1.54) is 12.5 Å². The number of anilines is 2. The zero-order chi connectivity index (χ0) is 16.0. The second-order valence-corrected chi connectivity index (χ2v) is 6.20. The lowest BCUT2D eigenvalue weighted by atomic mass is 9.87. The zero-order valence-electron chi connectivity index (χ0n) is 13.0. The molecule has 0 aromatic heterocycles. The number of rotatable bonds is 8. The van der Waals surface area contributed by atoms with E-state index in [1.807, 2.05) is 0 Å². The van der Waals surface area contributed by atoms with Gasteiger partial charge in [0.25, 0.3) is 0 Å². The van der Waals surface area contributed by atoms with Gasteiger partial charge in [0.2, 0.25) is 0 Å². The molecule has 0 bridgehead atoms. The Balaban J connectivity index is 2.74. The van der Waals surface area contributed by atoms with Gasteiger partial charge < -0.3 is 16.2 Å². The largest absolute Gasteiger partial charge is 0.478 e. The van der Waals surface area contributed by atoms with Crippen LogP contribution in [0.3, 0.4) is 0 Å². The van der Waals surface area contributed by atoms with Crippen molar-refractivity contribution in [3.05, 3.63) is 23.5 Å². The number of halogens is 1. The zero-order valence-corrected chi connectivity index (χ0v) is 13.0. The molecule has 1 aromatic carbocycles. The fourth-order valence-corrected chi connectivity index (χ4v) is 2.19. The molecule has 0 fully saturated rings. The summed E-state index contributed by atoms with van der Waals surface area (Å²) < 4.78 is 13.8. The Kier molecular flexibility index (Phi) is 6.00. The van der Waals surface area contributed by atoms with Crippen LogP contribution in [0.25, 0.3) is 0 Å². The molecule has 0 aliphatic carbocycles. The average molecular weight is 296 g/mol. The highest BCUT2D eigenvalue weighted by Gasteiger charge is 2.19. The molecule has 5 heteroatoms. The van der Waals surface area contributed by atoms with Crippen LogP contribution in [-0.4, -0.2) is 17.6 Å². The summed E-state index contributed by atoms with van der Waals surface area (Å²) in [5, 5.41) is 12.0. The summed E-state index contributed by atoms with van der Waals surface area (Å²) in [5.41, 5.74) is 5.57. The van der Waals surface area contributed by atoms with Gasteiger partial charge in [-0.3, -0.25) is 0 Å². The molecule has 21 heavy (non-hydrogen) atoms. The Morgan fingerprint density at radius 3 is 2.62 bits per heavy atom. The van der Waals surface area contributed by atoms with Crippen LogP contribution >= 0.6 is 0 Å². The molecule has 0 saturated heterocycles. The number of carboxylic acid groups (broad SMARTS) is 1. The maximum atomic E-state index is 13.8. The van der Waals surface area contributed by atoms with Crippen molar-refractivity contribution in [2.45, 2.75) is 46.5 Å². The van der Waals surface area contributed by atoms with Crippen molar-refractivity contribution in [3.8, 4) is 0 Å². The van der Waals surface area contributed by atoms with Crippen molar-refractivity contribution in [1.29, 1.82) is 0 Å². The molecule has 0 aliphatic rings. The fourth-order valence-electron chi connectivity index (χ4n) is 2.19. The molecule has 4 N–H and O–H groups in total. The van der Waals surface area contributed by atoms with Gasteiger partial charge in [-0.05, 0) is 24.0 Å². The summed E-state index contributed by atoms with van der Waals surface area (Å²) in [5.74, 6) is -1.68. The van der Waals surface area contributed by atoms with Gasteiger partial charge in [-0.1, -0.05) is 40.0 Å². The SMILES string of the molecule is CCCCCC(C)(C)CNc1cc(C(=O)O)c(N)cc1F. The smallest absolute Gasteiger partial charge is 0.337 e. The number of aromatic carboxylic acids is 1. The van der Waals surface area contributed by atoms with Crippen molar-refractivity contribution < 1.29 is 14.3 Å². The molecule has 0 heterocycles. The lowest BCUT2D eigenvalue weighted by molar-refractivity contribution is 0.0698. The molecule has 0 unspecified atom stereocenters. The monoisotopic (exact) mass is 296 g/mol. The van der Waals surface area contributed by atoms with Crippen molar-refractivity contribution in [1.82, 2.24) is 0 Å². The fraction of sp³-hybridized carbons (Fsp3) is 0.562. The Morgan fingerprint density at radius 2 is 2.05 bits per heavy atom. The minimum absolute atomic E-state index is 0.0202. The van der Waals surface area contributed by atoms with E-state index in [4.69, 9.17) is 10.8 Å². The molecule has 1 aromatic rings. The summed E-state index contributed by atoms with van der Waals surface area (Å²) in [4.78, 5) is 11.0. The Bertz CT molecular complexity index is 501. The highest BCUT2D eigenvalue weighted by molar-refractivity contribution is 5.94. The minimum atomic E-state index is -1.15. The van der Waals surface area contributed by atoms with Gasteiger partial charge in [0.05, 0.1) is 11.3 Å². The third-order valence-electron chi connectivity index (χ3n) is 3.58. The van der Waals surface area contributed by atoms with Crippen LogP contribution in [0, 0.1) is 11.2 Å². The summed E-state index contributed by atoms with van der Waals surface area (Å²) >= 11 is 0. The molecule has 0 aliphatic heterocycles. The van der Waals surface area contributed by atoms with E-state index >= 15 is 0 Å². The third kappa shape index (κ3) is 5.25. The van der Waals surface area contributed by atoms with E-state index in [0.717, 1.165) is 25.3 Å². The number of benzene rings is 1. The molecular formula is C16H25FN2O2. The Labute approximate surface area is 125 Å². The first-order chi connectivity index (χ1) is 9.76. The number of unbranched alkanes of at least 4 members (excludes halogenated alkanes) is 2. The number of carbonyl (C=O) groups is 1. The first-order valence-corrected chi connectivity index (χ1v) is 7.33. The topological polar surface area (TPSA) is 75.3 Å². The van der Waals surface area contributed by atoms with Crippen molar-refractivity contribution in [2.24, 2.45) is 5.41 Å². The maximum Gasteiger partial charge on any atom is 0.337 e. The van der Waals surface area contributed by atoms with E-state index in [1.54, 1.807) is 0 Å². The van der Waals surface area contributed by atoms with Gasteiger partial charge in [0, 0.05) is 12.2 Å². The lowest BCUT2D eigenvalue weighted by Gasteiger charge is -2.26. The van der Waals surface area contributed by atoms with Crippen molar-refractivity contribution in [3.63, 3.8) is 0 Å². The third-order valence-corrected chi connectivity index (χ3v) is 3.58. The molecule has 0 atom stereocenters. The van der Waals surface area contributed by atoms with Crippen molar-refractivity contribution >= 4 is 17.3 Å². The Morgan fingerprint density at radius 1 is 1.38 bits per heavy atom. The van der Waals surface area contributed by atoms with Gasteiger partial charge in [0.15, 0.2) is 0 Å². The summed E-state index contributed by atoms with van der Waals surface area (Å²) in [6.45, 7) is 6.96. The van der Waals surface area contributed by atoms with Gasteiger partial charge in [-0.25, -0.2) is 9.18 Å². The first-order valence-electron chi connectivity index (χ1n) is 7.33.